The normalized spacial score (nSPS) is 14.8. The van der Waals surface area contributed by atoms with Crippen LogP contribution in [0.25, 0.3) is 0 Å². The predicted molar refractivity (Wildman–Crippen MR) is 112 cm³/mol. The summed E-state index contributed by atoms with van der Waals surface area (Å²) in [6.45, 7) is 3.49. The fraction of sp³-hybridized carbons (Fsp3) is 0.300. The smallest absolute Gasteiger partial charge is 0.234 e. The summed E-state index contributed by atoms with van der Waals surface area (Å²) in [7, 11) is -2.08. The molecule has 0 radical (unpaired) electrons. The third-order valence-corrected chi connectivity index (χ3v) is 7.91. The van der Waals surface area contributed by atoms with Gasteiger partial charge in [0.05, 0.1) is 21.6 Å². The highest BCUT2D eigenvalue weighted by Gasteiger charge is 2.28. The Labute approximate surface area is 169 Å². The molecule has 1 aliphatic rings. The summed E-state index contributed by atoms with van der Waals surface area (Å²) in [5.74, 6) is -0.119. The maximum atomic E-state index is 12.9. The molecular weight excluding hydrogens is 396 g/mol. The minimum atomic E-state index is -3.72. The molecule has 1 N–H and O–H groups in total. The number of hydrogen-bond donors (Lipinski definition) is 1. The van der Waals surface area contributed by atoms with Crippen LogP contribution in [0.3, 0.4) is 0 Å². The first kappa shape index (κ1) is 20.4. The average Bonchev–Trinajstić information content (AvgIpc) is 2.67. The zero-order valence-corrected chi connectivity index (χ0v) is 17.6. The third-order valence-electron chi connectivity index (χ3n) is 4.70. The lowest BCUT2D eigenvalue weighted by Gasteiger charge is -2.21. The molecule has 0 saturated carbocycles. The van der Waals surface area contributed by atoms with Crippen molar-refractivity contribution in [2.75, 3.05) is 23.0 Å². The second kappa shape index (κ2) is 7.97. The Hall–Kier alpha value is -2.32. The molecule has 28 heavy (non-hydrogen) atoms. The summed E-state index contributed by atoms with van der Waals surface area (Å²) in [5.41, 5.74) is 2.30. The number of carbonyl (C=O) groups excluding carboxylic acids is 2. The molecule has 2 aromatic carbocycles. The van der Waals surface area contributed by atoms with Crippen LogP contribution in [0.4, 0.5) is 11.4 Å². The van der Waals surface area contributed by atoms with Crippen molar-refractivity contribution in [1.29, 1.82) is 0 Å². The highest BCUT2D eigenvalue weighted by atomic mass is 32.2. The molecule has 6 nitrogen and oxygen atoms in total. The number of amides is 2. The van der Waals surface area contributed by atoms with E-state index in [1.807, 2.05) is 31.2 Å². The van der Waals surface area contributed by atoms with Crippen LogP contribution >= 0.6 is 11.8 Å². The maximum absolute atomic E-state index is 12.9. The molecule has 0 aliphatic carbocycles. The Kier molecular flexibility index (Phi) is 5.81. The molecule has 0 bridgehead atoms. The van der Waals surface area contributed by atoms with E-state index in [9.17, 15) is 18.0 Å². The first-order chi connectivity index (χ1) is 13.2. The second-order valence-electron chi connectivity index (χ2n) is 6.84. The average molecular weight is 419 g/mol. The van der Waals surface area contributed by atoms with E-state index in [0.29, 0.717) is 17.1 Å². The maximum Gasteiger partial charge on any atom is 0.234 e. The van der Waals surface area contributed by atoms with E-state index in [-0.39, 0.29) is 23.1 Å². The third kappa shape index (κ3) is 4.23. The zero-order valence-electron chi connectivity index (χ0n) is 15.9. The fourth-order valence-corrected chi connectivity index (χ4v) is 5.03. The van der Waals surface area contributed by atoms with Gasteiger partial charge in [0.2, 0.25) is 11.8 Å². The lowest BCUT2D eigenvalue weighted by molar-refractivity contribution is -0.118. The number of benzene rings is 2. The summed E-state index contributed by atoms with van der Waals surface area (Å²) in [6, 6.07) is 12.2. The van der Waals surface area contributed by atoms with Crippen LogP contribution in [0, 0.1) is 6.92 Å². The number of hydrogen-bond acceptors (Lipinski definition) is 5. The van der Waals surface area contributed by atoms with Crippen LogP contribution in [-0.2, 0) is 19.4 Å². The molecule has 2 aromatic rings. The number of nitrogens with one attached hydrogen (secondary N) is 1. The molecule has 1 atom stereocenters. The summed E-state index contributed by atoms with van der Waals surface area (Å²) in [5, 5.41) is 1.81. The number of fused-ring (bicyclic) bond motifs is 1. The van der Waals surface area contributed by atoms with E-state index in [1.54, 1.807) is 13.1 Å². The van der Waals surface area contributed by atoms with Crippen LogP contribution in [0.5, 0.6) is 0 Å². The van der Waals surface area contributed by atoms with Gasteiger partial charge >= 0.3 is 0 Å². The molecule has 0 saturated heterocycles. The van der Waals surface area contributed by atoms with Gasteiger partial charge in [0.1, 0.15) is 0 Å². The number of carbonyl (C=O) groups is 2. The van der Waals surface area contributed by atoms with Crippen molar-refractivity contribution in [2.24, 2.45) is 0 Å². The van der Waals surface area contributed by atoms with Gasteiger partial charge in [-0.2, -0.15) is 0 Å². The summed E-state index contributed by atoms with van der Waals surface area (Å²) in [6.07, 6.45) is -0.134. The molecule has 0 fully saturated rings. The van der Waals surface area contributed by atoms with Gasteiger partial charge in [-0.25, -0.2) is 8.42 Å². The zero-order chi connectivity index (χ0) is 20.5. The summed E-state index contributed by atoms with van der Waals surface area (Å²) >= 11 is 1.37. The minimum absolute atomic E-state index is 0.104. The molecule has 1 heterocycles. The second-order valence-corrected chi connectivity index (χ2v) is 10.2. The van der Waals surface area contributed by atoms with Gasteiger partial charge in [0.15, 0.2) is 9.84 Å². The molecule has 0 spiro atoms. The Bertz CT molecular complexity index is 1020. The number of rotatable bonds is 5. The molecular formula is C20H22N2O4S2. The Morgan fingerprint density at radius 3 is 2.57 bits per heavy atom. The topological polar surface area (TPSA) is 83.6 Å². The van der Waals surface area contributed by atoms with Gasteiger partial charge in [0, 0.05) is 24.1 Å². The van der Waals surface area contributed by atoms with Crippen molar-refractivity contribution < 1.29 is 18.0 Å². The highest BCUT2D eigenvalue weighted by molar-refractivity contribution is 8.00. The van der Waals surface area contributed by atoms with E-state index in [4.69, 9.17) is 0 Å². The van der Waals surface area contributed by atoms with Crippen molar-refractivity contribution >= 4 is 44.8 Å². The van der Waals surface area contributed by atoms with Crippen molar-refractivity contribution in [3.8, 4) is 0 Å². The molecule has 0 aromatic heterocycles. The van der Waals surface area contributed by atoms with Crippen LogP contribution in [0.15, 0.2) is 52.3 Å². The summed E-state index contributed by atoms with van der Waals surface area (Å²) < 4.78 is 25.9. The molecule has 0 unspecified atom stereocenters. The van der Waals surface area contributed by atoms with Gasteiger partial charge in [0.25, 0.3) is 0 Å². The van der Waals surface area contributed by atoms with E-state index >= 15 is 0 Å². The Morgan fingerprint density at radius 1 is 1.21 bits per heavy atom. The first-order valence-corrected chi connectivity index (χ1v) is 11.4. The fourth-order valence-electron chi connectivity index (χ4n) is 2.88. The number of sulfone groups is 1. The largest absolute Gasteiger partial charge is 0.324 e. The Morgan fingerprint density at radius 2 is 1.89 bits per heavy atom. The SMILES string of the molecule is Cc1ccc(N(C)C(=O)C[C@@H](C)S(=O)(=O)c2ccc3c(c2)NC(=O)CS3)cc1. The standard InChI is InChI=1S/C20H22N2O4S2/c1-13-4-6-15(7-5-13)22(3)20(24)10-14(2)28(25,26)16-8-9-18-17(11-16)21-19(23)12-27-18/h4-9,11,14H,10,12H2,1-3H3,(H,21,23)/t14-/m1/s1. The quantitative estimate of drug-likeness (QED) is 0.806. The van der Waals surface area contributed by atoms with Gasteiger partial charge in [-0.1, -0.05) is 17.7 Å². The van der Waals surface area contributed by atoms with Gasteiger partial charge < -0.3 is 10.2 Å². The summed E-state index contributed by atoms with van der Waals surface area (Å²) in [4.78, 5) is 26.6. The molecule has 8 heteroatoms. The van der Waals surface area contributed by atoms with Crippen molar-refractivity contribution in [1.82, 2.24) is 0 Å². The number of anilines is 2. The lowest BCUT2D eigenvalue weighted by atomic mass is 10.2. The predicted octanol–water partition coefficient (Wildman–Crippen LogP) is 3.25. The van der Waals surface area contributed by atoms with E-state index in [2.05, 4.69) is 5.32 Å². The van der Waals surface area contributed by atoms with Crippen molar-refractivity contribution in [3.05, 3.63) is 48.0 Å². The van der Waals surface area contributed by atoms with E-state index in [0.717, 1.165) is 10.5 Å². The lowest BCUT2D eigenvalue weighted by Crippen LogP contribution is -2.32. The van der Waals surface area contributed by atoms with Gasteiger partial charge in [-0.05, 0) is 44.2 Å². The molecule has 2 amide bonds. The first-order valence-electron chi connectivity index (χ1n) is 8.82. The molecule has 3 rings (SSSR count). The van der Waals surface area contributed by atoms with E-state index < -0.39 is 15.1 Å². The van der Waals surface area contributed by atoms with Gasteiger partial charge in [-0.3, -0.25) is 9.59 Å². The van der Waals surface area contributed by atoms with Crippen LogP contribution in [0.2, 0.25) is 0 Å². The van der Waals surface area contributed by atoms with Crippen molar-refractivity contribution in [3.63, 3.8) is 0 Å². The van der Waals surface area contributed by atoms with Crippen molar-refractivity contribution in [2.45, 2.75) is 35.3 Å². The minimum Gasteiger partial charge on any atom is -0.324 e. The molecule has 148 valence electrons. The number of aryl methyl sites for hydroxylation is 1. The van der Waals surface area contributed by atoms with Gasteiger partial charge in [-0.15, -0.1) is 11.8 Å². The van der Waals surface area contributed by atoms with E-state index in [1.165, 1.54) is 35.7 Å². The van der Waals surface area contributed by atoms with Crippen LogP contribution in [-0.4, -0.2) is 38.3 Å². The van der Waals surface area contributed by atoms with Crippen LogP contribution < -0.4 is 10.2 Å². The monoisotopic (exact) mass is 418 g/mol. The van der Waals surface area contributed by atoms with Crippen LogP contribution in [0.1, 0.15) is 18.9 Å². The number of thioether (sulfide) groups is 1. The highest BCUT2D eigenvalue weighted by Crippen LogP contribution is 2.34. The Balaban J connectivity index is 1.76. The number of nitrogens with zero attached hydrogens (tertiary/aromatic N) is 1. The molecule has 1 aliphatic heterocycles.